The summed E-state index contributed by atoms with van der Waals surface area (Å²) in [5.41, 5.74) is 6.66. The SMILES string of the molecule is CC(C)N(CC(N)=S)Cc1cn2ccsc2n1. The molecule has 6 heteroatoms. The normalized spacial score (nSPS) is 11.8. The zero-order valence-electron chi connectivity index (χ0n) is 9.96. The van der Waals surface area contributed by atoms with E-state index in [4.69, 9.17) is 18.0 Å². The first-order valence-corrected chi connectivity index (χ1v) is 6.78. The number of imidazole rings is 1. The van der Waals surface area contributed by atoms with Gasteiger partial charge in [0.25, 0.3) is 0 Å². The van der Waals surface area contributed by atoms with Gasteiger partial charge in [-0.3, -0.25) is 9.30 Å². The van der Waals surface area contributed by atoms with Crippen LogP contribution < -0.4 is 5.73 Å². The molecular weight excluding hydrogens is 252 g/mol. The molecule has 2 aromatic heterocycles. The number of hydrogen-bond acceptors (Lipinski definition) is 4. The van der Waals surface area contributed by atoms with Crippen molar-refractivity contribution in [3.63, 3.8) is 0 Å². The minimum absolute atomic E-state index is 0.399. The van der Waals surface area contributed by atoms with E-state index in [0.717, 1.165) is 17.2 Å². The molecule has 0 fully saturated rings. The first-order valence-electron chi connectivity index (χ1n) is 5.49. The quantitative estimate of drug-likeness (QED) is 0.841. The number of nitrogens with zero attached hydrogens (tertiary/aromatic N) is 3. The predicted octanol–water partition coefficient (Wildman–Crippen LogP) is 1.89. The van der Waals surface area contributed by atoms with Crippen molar-refractivity contribution in [3.05, 3.63) is 23.5 Å². The molecule has 0 saturated heterocycles. The molecule has 17 heavy (non-hydrogen) atoms. The maximum atomic E-state index is 5.61. The molecule has 4 nitrogen and oxygen atoms in total. The Balaban J connectivity index is 2.11. The van der Waals surface area contributed by atoms with Crippen LogP contribution in [0.2, 0.25) is 0 Å². The molecule has 2 rings (SSSR count). The van der Waals surface area contributed by atoms with Crippen molar-refractivity contribution in [1.29, 1.82) is 0 Å². The zero-order chi connectivity index (χ0) is 12.4. The summed E-state index contributed by atoms with van der Waals surface area (Å²) in [5.74, 6) is 0. The van der Waals surface area contributed by atoms with Gasteiger partial charge >= 0.3 is 0 Å². The van der Waals surface area contributed by atoms with Crippen LogP contribution in [0.4, 0.5) is 0 Å². The molecule has 0 aromatic carbocycles. The van der Waals surface area contributed by atoms with Gasteiger partial charge in [0.2, 0.25) is 0 Å². The molecule has 92 valence electrons. The van der Waals surface area contributed by atoms with Crippen LogP contribution in [0.5, 0.6) is 0 Å². The van der Waals surface area contributed by atoms with Gasteiger partial charge in [0, 0.05) is 36.9 Å². The maximum absolute atomic E-state index is 5.61. The van der Waals surface area contributed by atoms with E-state index in [-0.39, 0.29) is 0 Å². The molecule has 0 atom stereocenters. The van der Waals surface area contributed by atoms with E-state index < -0.39 is 0 Å². The average molecular weight is 268 g/mol. The van der Waals surface area contributed by atoms with E-state index in [1.54, 1.807) is 11.3 Å². The second-order valence-electron chi connectivity index (χ2n) is 4.29. The van der Waals surface area contributed by atoms with Crippen LogP contribution in [0.3, 0.4) is 0 Å². The highest BCUT2D eigenvalue weighted by atomic mass is 32.1. The lowest BCUT2D eigenvalue weighted by Crippen LogP contribution is -2.37. The van der Waals surface area contributed by atoms with Crippen LogP contribution in [0, 0.1) is 0 Å². The number of thiazole rings is 1. The van der Waals surface area contributed by atoms with Crippen molar-refractivity contribution in [2.45, 2.75) is 26.4 Å². The van der Waals surface area contributed by atoms with Crippen LogP contribution in [0.1, 0.15) is 19.5 Å². The van der Waals surface area contributed by atoms with Crippen molar-refractivity contribution < 1.29 is 0 Å². The number of thiocarbonyl (C=S) groups is 1. The van der Waals surface area contributed by atoms with Crippen molar-refractivity contribution in [3.8, 4) is 0 Å². The van der Waals surface area contributed by atoms with Gasteiger partial charge in [0.15, 0.2) is 4.96 Å². The molecule has 2 N–H and O–H groups in total. The van der Waals surface area contributed by atoms with Gasteiger partial charge in [-0.15, -0.1) is 11.3 Å². The largest absolute Gasteiger partial charge is 0.392 e. The first kappa shape index (κ1) is 12.5. The summed E-state index contributed by atoms with van der Waals surface area (Å²) in [6, 6.07) is 0.399. The zero-order valence-corrected chi connectivity index (χ0v) is 11.6. The number of nitrogens with two attached hydrogens (primary N) is 1. The lowest BCUT2D eigenvalue weighted by Gasteiger charge is -2.24. The van der Waals surface area contributed by atoms with E-state index in [0.29, 0.717) is 17.6 Å². The van der Waals surface area contributed by atoms with Gasteiger partial charge in [-0.25, -0.2) is 4.98 Å². The highest BCUT2D eigenvalue weighted by Gasteiger charge is 2.13. The Morgan fingerprint density at radius 1 is 1.65 bits per heavy atom. The Labute approximate surface area is 110 Å². The van der Waals surface area contributed by atoms with Crippen molar-refractivity contribution in [2.24, 2.45) is 5.73 Å². The summed E-state index contributed by atoms with van der Waals surface area (Å²) >= 11 is 6.61. The van der Waals surface area contributed by atoms with Crippen LogP contribution in [0.15, 0.2) is 17.8 Å². The Hall–Kier alpha value is -0.980. The fourth-order valence-electron chi connectivity index (χ4n) is 1.68. The first-order chi connectivity index (χ1) is 8.06. The molecule has 0 aliphatic rings. The van der Waals surface area contributed by atoms with E-state index in [2.05, 4.69) is 29.9 Å². The topological polar surface area (TPSA) is 46.6 Å². The third-order valence-electron chi connectivity index (χ3n) is 2.60. The molecular formula is C11H16N4S2. The van der Waals surface area contributed by atoms with Gasteiger partial charge in [-0.2, -0.15) is 0 Å². The Morgan fingerprint density at radius 2 is 2.41 bits per heavy atom. The summed E-state index contributed by atoms with van der Waals surface area (Å²) in [6.07, 6.45) is 4.07. The number of aromatic nitrogens is 2. The van der Waals surface area contributed by atoms with Crippen molar-refractivity contribution in [1.82, 2.24) is 14.3 Å². The number of fused-ring (bicyclic) bond motifs is 1. The molecule has 0 unspecified atom stereocenters. The van der Waals surface area contributed by atoms with Gasteiger partial charge in [-0.05, 0) is 13.8 Å². The molecule has 0 aliphatic heterocycles. The standard InChI is InChI=1S/C11H16N4S2/c1-8(2)15(7-10(12)16)6-9-5-14-3-4-17-11(14)13-9/h3-5,8H,6-7H2,1-2H3,(H2,12,16). The molecule has 0 aliphatic carbocycles. The molecule has 2 heterocycles. The van der Waals surface area contributed by atoms with Gasteiger partial charge < -0.3 is 5.73 Å². The van der Waals surface area contributed by atoms with Crippen molar-refractivity contribution in [2.75, 3.05) is 6.54 Å². The highest BCUT2D eigenvalue weighted by molar-refractivity contribution is 7.80. The minimum Gasteiger partial charge on any atom is -0.392 e. The Bertz CT molecular complexity index is 486. The fraction of sp³-hybridized carbons (Fsp3) is 0.455. The smallest absolute Gasteiger partial charge is 0.193 e. The predicted molar refractivity (Wildman–Crippen MR) is 75.4 cm³/mol. The summed E-state index contributed by atoms with van der Waals surface area (Å²) < 4.78 is 2.04. The van der Waals surface area contributed by atoms with E-state index in [1.807, 2.05) is 16.0 Å². The Morgan fingerprint density at radius 3 is 3.00 bits per heavy atom. The third-order valence-corrected chi connectivity index (χ3v) is 3.50. The lowest BCUT2D eigenvalue weighted by molar-refractivity contribution is 0.243. The van der Waals surface area contributed by atoms with E-state index >= 15 is 0 Å². The summed E-state index contributed by atoms with van der Waals surface area (Å²) in [6.45, 7) is 5.69. The summed E-state index contributed by atoms with van der Waals surface area (Å²) in [7, 11) is 0. The summed E-state index contributed by atoms with van der Waals surface area (Å²) in [5, 5.41) is 2.03. The Kier molecular flexibility index (Phi) is 3.76. The van der Waals surface area contributed by atoms with Crippen LogP contribution in [-0.2, 0) is 6.54 Å². The number of hydrogen-bond donors (Lipinski definition) is 1. The van der Waals surface area contributed by atoms with Crippen LogP contribution in [-0.4, -0.2) is 31.9 Å². The highest BCUT2D eigenvalue weighted by Crippen LogP contribution is 2.13. The van der Waals surface area contributed by atoms with Gasteiger partial charge in [0.1, 0.15) is 0 Å². The monoisotopic (exact) mass is 268 g/mol. The maximum Gasteiger partial charge on any atom is 0.193 e. The molecule has 0 amide bonds. The third kappa shape index (κ3) is 3.02. The van der Waals surface area contributed by atoms with Gasteiger partial charge in [0.05, 0.1) is 10.7 Å². The lowest BCUT2D eigenvalue weighted by atomic mass is 10.3. The minimum atomic E-state index is 0.399. The molecule has 0 radical (unpaired) electrons. The van der Waals surface area contributed by atoms with E-state index in [9.17, 15) is 0 Å². The number of rotatable bonds is 5. The van der Waals surface area contributed by atoms with Crippen LogP contribution >= 0.6 is 23.6 Å². The molecule has 0 saturated carbocycles. The van der Waals surface area contributed by atoms with E-state index in [1.165, 1.54) is 0 Å². The molecule has 0 bridgehead atoms. The fourth-order valence-corrected chi connectivity index (χ4v) is 2.57. The van der Waals surface area contributed by atoms with Crippen LogP contribution in [0.25, 0.3) is 4.96 Å². The van der Waals surface area contributed by atoms with Crippen molar-refractivity contribution >= 4 is 33.5 Å². The second kappa shape index (κ2) is 5.12. The second-order valence-corrected chi connectivity index (χ2v) is 5.69. The van der Waals surface area contributed by atoms with Gasteiger partial charge in [-0.1, -0.05) is 12.2 Å². The molecule has 2 aromatic rings. The summed E-state index contributed by atoms with van der Waals surface area (Å²) in [4.78, 5) is 8.33. The average Bonchev–Trinajstić information content (AvgIpc) is 2.75. The molecule has 0 spiro atoms.